The van der Waals surface area contributed by atoms with Gasteiger partial charge >= 0.3 is 0 Å². The third kappa shape index (κ3) is 11.9. The van der Waals surface area contributed by atoms with Crippen LogP contribution in [0.15, 0.2) is 11.3 Å². The molecule has 0 spiro atoms. The normalized spacial score (nSPS) is 11.3. The first-order chi connectivity index (χ1) is 12.3. The quantitative estimate of drug-likeness (QED) is 0.178. The van der Waals surface area contributed by atoms with E-state index < -0.39 is 0 Å². The minimum atomic E-state index is 0. The molecule has 2 N–H and O–H groups in total. The number of halogens is 1. The van der Waals surface area contributed by atoms with Crippen molar-refractivity contribution in [2.45, 2.75) is 46.1 Å². The molecule has 0 fully saturated rings. The molecule has 26 heavy (non-hydrogen) atoms. The fourth-order valence-corrected chi connectivity index (χ4v) is 2.49. The molecule has 1 aromatic heterocycles. The van der Waals surface area contributed by atoms with Crippen molar-refractivity contribution in [1.82, 2.24) is 25.4 Å². The maximum absolute atomic E-state index is 5.58. The highest BCUT2D eigenvalue weighted by Crippen LogP contribution is 1.95. The first-order valence-electron chi connectivity index (χ1n) is 9.27. The average molecular weight is 498 g/mol. The largest absolute Gasteiger partial charge is 0.381 e. The highest BCUT2D eigenvalue weighted by molar-refractivity contribution is 14.0. The Hall–Kier alpha value is -0.550. The Morgan fingerprint density at radius 3 is 2.73 bits per heavy atom. The SMILES string of the molecule is CCCCOCCCN=C(NCCSC)NCCn1cnnc1CC.I. The lowest BCUT2D eigenvalue weighted by molar-refractivity contribution is 0.130. The molecule has 0 saturated heterocycles. The number of rotatable bonds is 14. The number of hydrogen-bond donors (Lipinski definition) is 2. The van der Waals surface area contributed by atoms with Gasteiger partial charge in [0.25, 0.3) is 0 Å². The summed E-state index contributed by atoms with van der Waals surface area (Å²) in [5, 5.41) is 14.8. The number of guanidine groups is 1. The number of hydrogen-bond acceptors (Lipinski definition) is 5. The number of nitrogens with one attached hydrogen (secondary N) is 2. The van der Waals surface area contributed by atoms with E-state index in [0.717, 1.165) is 76.2 Å². The number of thioether (sulfide) groups is 1. The molecule has 152 valence electrons. The Bertz CT molecular complexity index is 472. The number of aryl methyl sites for hydroxylation is 1. The van der Waals surface area contributed by atoms with E-state index in [2.05, 4.69) is 50.5 Å². The van der Waals surface area contributed by atoms with Crippen LogP contribution in [0.2, 0.25) is 0 Å². The van der Waals surface area contributed by atoms with Gasteiger partial charge < -0.3 is 19.9 Å². The zero-order valence-corrected chi connectivity index (χ0v) is 19.5. The van der Waals surface area contributed by atoms with Crippen molar-refractivity contribution in [1.29, 1.82) is 0 Å². The van der Waals surface area contributed by atoms with Crippen LogP contribution < -0.4 is 10.6 Å². The van der Waals surface area contributed by atoms with Crippen LogP contribution in [0.3, 0.4) is 0 Å². The fraction of sp³-hybridized carbons (Fsp3) is 0.824. The summed E-state index contributed by atoms with van der Waals surface area (Å²) in [6.07, 6.45) is 8.05. The first kappa shape index (κ1) is 25.4. The maximum atomic E-state index is 5.58. The summed E-state index contributed by atoms with van der Waals surface area (Å²) in [6, 6.07) is 0. The highest BCUT2D eigenvalue weighted by atomic mass is 127. The van der Waals surface area contributed by atoms with E-state index in [1.807, 2.05) is 11.8 Å². The summed E-state index contributed by atoms with van der Waals surface area (Å²) in [4.78, 5) is 4.64. The average Bonchev–Trinajstić information content (AvgIpc) is 3.08. The fourth-order valence-electron chi connectivity index (χ4n) is 2.19. The molecule has 1 rings (SSSR count). The van der Waals surface area contributed by atoms with Gasteiger partial charge in [0.15, 0.2) is 5.96 Å². The summed E-state index contributed by atoms with van der Waals surface area (Å²) >= 11 is 1.82. The molecule has 7 nitrogen and oxygen atoms in total. The molecule has 0 aliphatic carbocycles. The Morgan fingerprint density at radius 2 is 2.00 bits per heavy atom. The van der Waals surface area contributed by atoms with Crippen LogP contribution in [-0.4, -0.2) is 65.6 Å². The second-order valence-electron chi connectivity index (χ2n) is 5.69. The molecule has 0 aromatic carbocycles. The van der Waals surface area contributed by atoms with Gasteiger partial charge in [0.05, 0.1) is 0 Å². The van der Waals surface area contributed by atoms with Crippen LogP contribution in [0.4, 0.5) is 0 Å². The van der Waals surface area contributed by atoms with Gasteiger partial charge in [-0.15, -0.1) is 34.2 Å². The Morgan fingerprint density at radius 1 is 1.23 bits per heavy atom. The number of unbranched alkanes of at least 4 members (excludes halogenated alkanes) is 1. The third-order valence-corrected chi connectivity index (χ3v) is 4.23. The molecule has 0 bridgehead atoms. The Balaban J connectivity index is 0.00000625. The summed E-state index contributed by atoms with van der Waals surface area (Å²) in [6.45, 7) is 9.21. The molecular weight excluding hydrogens is 463 g/mol. The molecule has 0 atom stereocenters. The van der Waals surface area contributed by atoms with Crippen molar-refractivity contribution < 1.29 is 4.74 Å². The van der Waals surface area contributed by atoms with Crippen LogP contribution >= 0.6 is 35.7 Å². The van der Waals surface area contributed by atoms with Gasteiger partial charge in [-0.1, -0.05) is 20.3 Å². The van der Waals surface area contributed by atoms with Crippen molar-refractivity contribution in [2.75, 3.05) is 44.9 Å². The third-order valence-electron chi connectivity index (χ3n) is 3.61. The molecular formula is C17H35IN6OS. The Labute approximate surface area is 179 Å². The summed E-state index contributed by atoms with van der Waals surface area (Å²) in [5.74, 6) is 2.94. The summed E-state index contributed by atoms with van der Waals surface area (Å²) in [7, 11) is 0. The lowest BCUT2D eigenvalue weighted by atomic mass is 10.4. The predicted octanol–water partition coefficient (Wildman–Crippen LogP) is 2.56. The van der Waals surface area contributed by atoms with E-state index >= 15 is 0 Å². The molecule has 9 heteroatoms. The van der Waals surface area contributed by atoms with E-state index in [4.69, 9.17) is 4.74 Å². The summed E-state index contributed by atoms with van der Waals surface area (Å²) < 4.78 is 7.66. The second kappa shape index (κ2) is 17.8. The minimum absolute atomic E-state index is 0. The first-order valence-corrected chi connectivity index (χ1v) is 10.7. The van der Waals surface area contributed by atoms with E-state index in [-0.39, 0.29) is 24.0 Å². The topological polar surface area (TPSA) is 76.4 Å². The van der Waals surface area contributed by atoms with Crippen LogP contribution in [0.25, 0.3) is 0 Å². The molecule has 0 amide bonds. The second-order valence-corrected chi connectivity index (χ2v) is 6.68. The number of aromatic nitrogens is 3. The number of nitrogens with zero attached hydrogens (tertiary/aromatic N) is 4. The van der Waals surface area contributed by atoms with Gasteiger partial charge in [-0.2, -0.15) is 11.8 Å². The number of aliphatic imine (C=N–C) groups is 1. The van der Waals surface area contributed by atoms with Crippen LogP contribution in [0.1, 0.15) is 38.9 Å². The minimum Gasteiger partial charge on any atom is -0.381 e. The van der Waals surface area contributed by atoms with E-state index in [1.54, 1.807) is 6.33 Å². The standard InChI is InChI=1S/C17H34N6OS.HI/c1-4-6-12-24-13-7-8-18-17(20-10-14-25-3)19-9-11-23-15-21-22-16(23)5-2;/h15H,4-14H2,1-3H3,(H2,18,19,20);1H. The van der Waals surface area contributed by atoms with Gasteiger partial charge in [0.1, 0.15) is 12.2 Å². The smallest absolute Gasteiger partial charge is 0.191 e. The van der Waals surface area contributed by atoms with Crippen molar-refractivity contribution in [3.8, 4) is 0 Å². The molecule has 0 aliphatic heterocycles. The van der Waals surface area contributed by atoms with Crippen LogP contribution in [0, 0.1) is 0 Å². The molecule has 1 heterocycles. The maximum Gasteiger partial charge on any atom is 0.191 e. The zero-order valence-electron chi connectivity index (χ0n) is 16.4. The van der Waals surface area contributed by atoms with Crippen LogP contribution in [-0.2, 0) is 17.7 Å². The Kier molecular flexibility index (Phi) is 17.5. The molecule has 0 saturated carbocycles. The lowest BCUT2D eigenvalue weighted by Gasteiger charge is -2.13. The number of ether oxygens (including phenoxy) is 1. The zero-order chi connectivity index (χ0) is 18.2. The highest BCUT2D eigenvalue weighted by Gasteiger charge is 2.02. The van der Waals surface area contributed by atoms with E-state index in [9.17, 15) is 0 Å². The molecule has 1 aromatic rings. The van der Waals surface area contributed by atoms with E-state index in [0.29, 0.717) is 0 Å². The van der Waals surface area contributed by atoms with Gasteiger partial charge in [0, 0.05) is 51.6 Å². The van der Waals surface area contributed by atoms with Gasteiger partial charge in [0.2, 0.25) is 0 Å². The lowest BCUT2D eigenvalue weighted by Crippen LogP contribution is -2.40. The van der Waals surface area contributed by atoms with Gasteiger partial charge in [-0.05, 0) is 19.1 Å². The summed E-state index contributed by atoms with van der Waals surface area (Å²) in [5.41, 5.74) is 0. The van der Waals surface area contributed by atoms with Crippen molar-refractivity contribution >= 4 is 41.7 Å². The monoisotopic (exact) mass is 498 g/mol. The van der Waals surface area contributed by atoms with Gasteiger partial charge in [-0.25, -0.2) is 0 Å². The van der Waals surface area contributed by atoms with Gasteiger partial charge in [-0.3, -0.25) is 4.99 Å². The van der Waals surface area contributed by atoms with Crippen molar-refractivity contribution in [3.05, 3.63) is 12.2 Å². The molecule has 0 unspecified atom stereocenters. The predicted molar refractivity (Wildman–Crippen MR) is 122 cm³/mol. The van der Waals surface area contributed by atoms with E-state index in [1.165, 1.54) is 6.42 Å². The van der Waals surface area contributed by atoms with Crippen LogP contribution in [0.5, 0.6) is 0 Å². The molecule has 0 radical (unpaired) electrons. The molecule has 0 aliphatic rings. The van der Waals surface area contributed by atoms with Crippen molar-refractivity contribution in [3.63, 3.8) is 0 Å². The van der Waals surface area contributed by atoms with Crippen molar-refractivity contribution in [2.24, 2.45) is 4.99 Å².